The van der Waals surface area contributed by atoms with Crippen molar-refractivity contribution in [3.05, 3.63) is 54.5 Å². The molecule has 2 amide bonds. The Morgan fingerprint density at radius 1 is 1.21 bits per heavy atom. The van der Waals surface area contributed by atoms with Crippen molar-refractivity contribution in [1.82, 2.24) is 9.88 Å². The van der Waals surface area contributed by atoms with E-state index in [0.29, 0.717) is 24.8 Å². The Hall–Kier alpha value is -2.63. The summed E-state index contributed by atoms with van der Waals surface area (Å²) in [5.74, 6) is 0.637. The molecule has 1 fully saturated rings. The zero-order valence-corrected chi connectivity index (χ0v) is 13.7. The summed E-state index contributed by atoms with van der Waals surface area (Å²) in [6.45, 7) is 1.38. The Morgan fingerprint density at radius 2 is 1.92 bits per heavy atom. The van der Waals surface area contributed by atoms with Gasteiger partial charge in [0.25, 0.3) is 0 Å². The zero-order chi connectivity index (χ0) is 16.9. The summed E-state index contributed by atoms with van der Waals surface area (Å²) in [5, 5.41) is 2.81. The number of hydrogen-bond acceptors (Lipinski definition) is 3. The number of aromatic nitrogens is 1. The van der Waals surface area contributed by atoms with Gasteiger partial charge < -0.3 is 15.1 Å². The second-order valence-electron chi connectivity index (χ2n) is 5.95. The minimum Gasteiger partial charge on any atom is -0.357 e. The molecule has 0 atom stereocenters. The van der Waals surface area contributed by atoms with E-state index in [4.69, 9.17) is 0 Å². The molecule has 6 heteroatoms. The number of piperidine rings is 1. The van der Waals surface area contributed by atoms with Gasteiger partial charge >= 0.3 is 6.03 Å². The molecule has 0 spiro atoms. The number of pyridine rings is 1. The van der Waals surface area contributed by atoms with E-state index < -0.39 is 0 Å². The van der Waals surface area contributed by atoms with E-state index in [0.717, 1.165) is 18.7 Å². The van der Waals surface area contributed by atoms with Crippen LogP contribution in [0.25, 0.3) is 0 Å². The summed E-state index contributed by atoms with van der Waals surface area (Å²) in [5.41, 5.74) is 0.606. The van der Waals surface area contributed by atoms with Crippen molar-refractivity contribution in [2.24, 2.45) is 0 Å². The van der Waals surface area contributed by atoms with Crippen LogP contribution in [0.4, 0.5) is 20.7 Å². The van der Waals surface area contributed by atoms with Crippen molar-refractivity contribution in [1.29, 1.82) is 0 Å². The van der Waals surface area contributed by atoms with E-state index in [9.17, 15) is 9.18 Å². The molecule has 1 aromatic carbocycles. The first-order valence-corrected chi connectivity index (χ1v) is 8.09. The third kappa shape index (κ3) is 3.82. The molecule has 0 unspecified atom stereocenters. The molecule has 0 bridgehead atoms. The molecular formula is C18H21FN4O. The lowest BCUT2D eigenvalue weighted by Crippen LogP contribution is -2.47. The monoisotopic (exact) mass is 328 g/mol. The minimum absolute atomic E-state index is 0.138. The normalized spacial score (nSPS) is 15.2. The number of anilines is 2. The predicted octanol–water partition coefficient (Wildman–Crippen LogP) is 3.35. The largest absolute Gasteiger partial charge is 0.357 e. The van der Waals surface area contributed by atoms with Crippen LogP contribution in [0, 0.1) is 5.82 Å². The SMILES string of the molecule is CN(c1ccccn1)C1CCN(C(=O)Nc2ccc(F)cc2)CC1. The summed E-state index contributed by atoms with van der Waals surface area (Å²) in [6.07, 6.45) is 3.57. The first-order valence-electron chi connectivity index (χ1n) is 8.09. The van der Waals surface area contributed by atoms with Crippen LogP contribution in [0.3, 0.4) is 0 Å². The maximum atomic E-state index is 12.9. The number of hydrogen-bond donors (Lipinski definition) is 1. The second-order valence-corrected chi connectivity index (χ2v) is 5.95. The van der Waals surface area contributed by atoms with Crippen molar-refractivity contribution in [2.45, 2.75) is 18.9 Å². The zero-order valence-electron chi connectivity index (χ0n) is 13.7. The van der Waals surface area contributed by atoms with Gasteiger partial charge in [-0.1, -0.05) is 6.07 Å². The van der Waals surface area contributed by atoms with Gasteiger partial charge in [-0.05, 0) is 49.2 Å². The number of amides is 2. The van der Waals surface area contributed by atoms with Gasteiger partial charge in [0, 0.05) is 38.1 Å². The van der Waals surface area contributed by atoms with Gasteiger partial charge in [-0.25, -0.2) is 14.2 Å². The highest BCUT2D eigenvalue weighted by Crippen LogP contribution is 2.21. The van der Waals surface area contributed by atoms with Gasteiger partial charge in [0.1, 0.15) is 11.6 Å². The number of benzene rings is 1. The molecule has 3 rings (SSSR count). The molecule has 0 radical (unpaired) electrons. The Kier molecular flexibility index (Phi) is 4.93. The van der Waals surface area contributed by atoms with Gasteiger partial charge in [-0.15, -0.1) is 0 Å². The molecule has 1 aliphatic rings. The average molecular weight is 328 g/mol. The van der Waals surface area contributed by atoms with Crippen LogP contribution in [0.1, 0.15) is 12.8 Å². The highest BCUT2D eigenvalue weighted by atomic mass is 19.1. The van der Waals surface area contributed by atoms with Crippen molar-refractivity contribution >= 4 is 17.5 Å². The van der Waals surface area contributed by atoms with Crippen molar-refractivity contribution in [3.8, 4) is 0 Å². The number of carbonyl (C=O) groups is 1. The Labute approximate surface area is 141 Å². The summed E-state index contributed by atoms with van der Waals surface area (Å²) in [4.78, 5) is 20.6. The summed E-state index contributed by atoms with van der Waals surface area (Å²) in [6, 6.07) is 11.9. The predicted molar refractivity (Wildman–Crippen MR) is 92.7 cm³/mol. The van der Waals surface area contributed by atoms with Crippen LogP contribution in [-0.4, -0.2) is 42.1 Å². The first kappa shape index (κ1) is 16.2. The maximum Gasteiger partial charge on any atom is 0.321 e. The van der Waals surface area contributed by atoms with E-state index in [1.165, 1.54) is 12.1 Å². The molecule has 24 heavy (non-hydrogen) atoms. The van der Waals surface area contributed by atoms with Gasteiger partial charge in [0.05, 0.1) is 0 Å². The highest BCUT2D eigenvalue weighted by molar-refractivity contribution is 5.89. The molecule has 0 saturated carbocycles. The molecule has 1 aliphatic heterocycles. The summed E-state index contributed by atoms with van der Waals surface area (Å²) < 4.78 is 12.9. The van der Waals surface area contributed by atoms with Crippen LogP contribution in [0.2, 0.25) is 0 Å². The van der Waals surface area contributed by atoms with E-state index in [2.05, 4.69) is 15.2 Å². The summed E-state index contributed by atoms with van der Waals surface area (Å²) >= 11 is 0. The maximum absolute atomic E-state index is 12.9. The number of rotatable bonds is 3. The summed E-state index contributed by atoms with van der Waals surface area (Å²) in [7, 11) is 2.04. The van der Waals surface area contributed by atoms with Crippen LogP contribution >= 0.6 is 0 Å². The molecule has 126 valence electrons. The van der Waals surface area contributed by atoms with E-state index >= 15 is 0 Å². The number of urea groups is 1. The molecular weight excluding hydrogens is 307 g/mol. The van der Waals surface area contributed by atoms with Crippen molar-refractivity contribution < 1.29 is 9.18 Å². The third-order valence-corrected chi connectivity index (χ3v) is 4.41. The first-order chi connectivity index (χ1) is 11.6. The Balaban J connectivity index is 1.53. The second kappa shape index (κ2) is 7.29. The van der Waals surface area contributed by atoms with Gasteiger partial charge in [-0.2, -0.15) is 0 Å². The number of carbonyl (C=O) groups excluding carboxylic acids is 1. The van der Waals surface area contributed by atoms with Gasteiger partial charge in [-0.3, -0.25) is 0 Å². The average Bonchev–Trinajstić information content (AvgIpc) is 2.64. The van der Waals surface area contributed by atoms with E-state index in [-0.39, 0.29) is 11.8 Å². The number of halogens is 1. The third-order valence-electron chi connectivity index (χ3n) is 4.41. The fraction of sp³-hybridized carbons (Fsp3) is 0.333. The molecule has 2 heterocycles. The fourth-order valence-electron chi connectivity index (χ4n) is 2.94. The molecule has 5 nitrogen and oxygen atoms in total. The van der Waals surface area contributed by atoms with Crippen LogP contribution in [-0.2, 0) is 0 Å². The number of nitrogens with zero attached hydrogens (tertiary/aromatic N) is 3. The van der Waals surface area contributed by atoms with Crippen LogP contribution in [0.15, 0.2) is 48.7 Å². The van der Waals surface area contributed by atoms with Crippen molar-refractivity contribution in [3.63, 3.8) is 0 Å². The smallest absolute Gasteiger partial charge is 0.321 e. The number of nitrogens with one attached hydrogen (secondary N) is 1. The molecule has 0 aliphatic carbocycles. The Morgan fingerprint density at radius 3 is 2.54 bits per heavy atom. The molecule has 2 aromatic rings. The lowest BCUT2D eigenvalue weighted by atomic mass is 10.0. The fourth-order valence-corrected chi connectivity index (χ4v) is 2.94. The number of likely N-dealkylation sites (tertiary alicyclic amines) is 1. The van der Waals surface area contributed by atoms with Crippen LogP contribution < -0.4 is 10.2 Å². The van der Waals surface area contributed by atoms with Gasteiger partial charge in [0.15, 0.2) is 0 Å². The van der Waals surface area contributed by atoms with Crippen LogP contribution in [0.5, 0.6) is 0 Å². The topological polar surface area (TPSA) is 48.5 Å². The molecule has 1 N–H and O–H groups in total. The standard InChI is InChI=1S/C18H21FN4O/c1-22(17-4-2-3-11-20-17)16-9-12-23(13-10-16)18(24)21-15-7-5-14(19)6-8-15/h2-8,11,16H,9-10,12-13H2,1H3,(H,21,24). The van der Waals surface area contributed by atoms with Crippen molar-refractivity contribution in [2.75, 3.05) is 30.4 Å². The quantitative estimate of drug-likeness (QED) is 0.940. The van der Waals surface area contributed by atoms with E-state index in [1.54, 1.807) is 23.2 Å². The minimum atomic E-state index is -0.314. The highest BCUT2D eigenvalue weighted by Gasteiger charge is 2.25. The lowest BCUT2D eigenvalue weighted by Gasteiger charge is -2.37. The Bertz CT molecular complexity index is 669. The molecule has 1 saturated heterocycles. The molecule has 1 aromatic heterocycles. The van der Waals surface area contributed by atoms with Gasteiger partial charge in [0.2, 0.25) is 0 Å². The lowest BCUT2D eigenvalue weighted by molar-refractivity contribution is 0.194. The van der Waals surface area contributed by atoms with E-state index in [1.807, 2.05) is 25.2 Å².